The number of ether oxygens (including phenoxy) is 1. The number of aryl methyl sites for hydroxylation is 1. The minimum absolute atomic E-state index is 0.187. The van der Waals surface area contributed by atoms with Crippen molar-refractivity contribution in [2.45, 2.75) is 6.92 Å². The maximum Gasteiger partial charge on any atom is 0.168 e. The predicted molar refractivity (Wildman–Crippen MR) is 74.2 cm³/mol. The second kappa shape index (κ2) is 4.71. The van der Waals surface area contributed by atoms with E-state index in [1.807, 2.05) is 19.1 Å². The fourth-order valence-electron chi connectivity index (χ4n) is 2.19. The Balaban J connectivity index is 2.08. The first kappa shape index (κ1) is 12.2. The molecule has 0 aliphatic rings. The molecule has 0 aliphatic carbocycles. The molecule has 3 rings (SSSR count). The maximum atomic E-state index is 14.1. The second-order valence-electron chi connectivity index (χ2n) is 4.49. The van der Waals surface area contributed by atoms with Gasteiger partial charge in [-0.05, 0) is 31.2 Å². The average Bonchev–Trinajstić information content (AvgIpc) is 2.92. The number of H-pyrrole nitrogens is 1. The second-order valence-corrected chi connectivity index (χ2v) is 4.49. The van der Waals surface area contributed by atoms with Crippen LogP contribution >= 0.6 is 0 Å². The first-order valence-corrected chi connectivity index (χ1v) is 6.13. The SMILES string of the molecule is Cc1c(Oc2cccc(C#N)c2)c(F)cc2[nH]ccc12. The summed E-state index contributed by atoms with van der Waals surface area (Å²) >= 11 is 0. The van der Waals surface area contributed by atoms with E-state index in [9.17, 15) is 4.39 Å². The van der Waals surface area contributed by atoms with Gasteiger partial charge in [-0.25, -0.2) is 4.39 Å². The number of nitriles is 1. The van der Waals surface area contributed by atoms with E-state index in [-0.39, 0.29) is 5.75 Å². The number of hydrogen-bond acceptors (Lipinski definition) is 2. The van der Waals surface area contributed by atoms with Gasteiger partial charge in [-0.15, -0.1) is 0 Å². The van der Waals surface area contributed by atoms with Gasteiger partial charge in [0.15, 0.2) is 11.6 Å². The molecule has 0 saturated carbocycles. The van der Waals surface area contributed by atoms with Crippen molar-refractivity contribution in [3.63, 3.8) is 0 Å². The highest BCUT2D eigenvalue weighted by atomic mass is 19.1. The van der Waals surface area contributed by atoms with E-state index in [0.29, 0.717) is 11.3 Å². The third kappa shape index (κ3) is 1.99. The lowest BCUT2D eigenvalue weighted by molar-refractivity contribution is 0.440. The Labute approximate surface area is 115 Å². The van der Waals surface area contributed by atoms with Crippen LogP contribution in [0.1, 0.15) is 11.1 Å². The summed E-state index contributed by atoms with van der Waals surface area (Å²) in [7, 11) is 0. The van der Waals surface area contributed by atoms with E-state index in [1.54, 1.807) is 30.5 Å². The largest absolute Gasteiger partial charge is 0.454 e. The number of nitrogens with one attached hydrogen (secondary N) is 1. The van der Waals surface area contributed by atoms with Crippen molar-refractivity contribution in [2.75, 3.05) is 0 Å². The van der Waals surface area contributed by atoms with Gasteiger partial charge in [0.05, 0.1) is 11.6 Å². The van der Waals surface area contributed by atoms with E-state index in [1.165, 1.54) is 6.07 Å². The highest BCUT2D eigenvalue weighted by Crippen LogP contribution is 2.33. The number of hydrogen-bond donors (Lipinski definition) is 1. The molecular formula is C16H11FN2O. The van der Waals surface area contributed by atoms with E-state index >= 15 is 0 Å². The molecular weight excluding hydrogens is 255 g/mol. The summed E-state index contributed by atoms with van der Waals surface area (Å²) < 4.78 is 19.7. The van der Waals surface area contributed by atoms with E-state index < -0.39 is 5.82 Å². The van der Waals surface area contributed by atoms with E-state index in [0.717, 1.165) is 16.5 Å². The molecule has 0 bridgehead atoms. The van der Waals surface area contributed by atoms with Crippen LogP contribution in [0.25, 0.3) is 10.9 Å². The number of fused-ring (bicyclic) bond motifs is 1. The summed E-state index contributed by atoms with van der Waals surface area (Å²) in [5.74, 6) is 0.202. The van der Waals surface area contributed by atoms with Crippen LogP contribution in [0.5, 0.6) is 11.5 Å². The summed E-state index contributed by atoms with van der Waals surface area (Å²) in [4.78, 5) is 2.97. The molecule has 0 atom stereocenters. The molecule has 3 nitrogen and oxygen atoms in total. The first-order chi connectivity index (χ1) is 9.69. The van der Waals surface area contributed by atoms with Gasteiger partial charge in [-0.3, -0.25) is 0 Å². The normalized spacial score (nSPS) is 10.4. The fraction of sp³-hybridized carbons (Fsp3) is 0.0625. The highest BCUT2D eigenvalue weighted by molar-refractivity contribution is 5.85. The van der Waals surface area contributed by atoms with Crippen molar-refractivity contribution in [3.05, 3.63) is 59.5 Å². The Hall–Kier alpha value is -2.80. The minimum Gasteiger partial charge on any atom is -0.454 e. The fourth-order valence-corrected chi connectivity index (χ4v) is 2.19. The molecule has 98 valence electrons. The number of aromatic nitrogens is 1. The lowest BCUT2D eigenvalue weighted by atomic mass is 10.1. The number of aromatic amines is 1. The van der Waals surface area contributed by atoms with Gasteiger partial charge >= 0.3 is 0 Å². The lowest BCUT2D eigenvalue weighted by Gasteiger charge is -2.11. The van der Waals surface area contributed by atoms with Crippen molar-refractivity contribution >= 4 is 10.9 Å². The smallest absolute Gasteiger partial charge is 0.168 e. The average molecular weight is 266 g/mol. The zero-order chi connectivity index (χ0) is 14.1. The van der Waals surface area contributed by atoms with Crippen LogP contribution in [-0.4, -0.2) is 4.98 Å². The summed E-state index contributed by atoms with van der Waals surface area (Å²) in [5.41, 5.74) is 1.94. The summed E-state index contributed by atoms with van der Waals surface area (Å²) in [6.45, 7) is 1.81. The van der Waals surface area contributed by atoms with Gasteiger partial charge in [-0.1, -0.05) is 6.07 Å². The monoisotopic (exact) mass is 266 g/mol. The molecule has 1 aromatic heterocycles. The minimum atomic E-state index is -0.431. The Kier molecular flexibility index (Phi) is 2.88. The van der Waals surface area contributed by atoms with E-state index in [4.69, 9.17) is 10.00 Å². The van der Waals surface area contributed by atoms with Gasteiger partial charge in [0, 0.05) is 28.7 Å². The number of nitrogens with zero attached hydrogens (tertiary/aromatic N) is 1. The topological polar surface area (TPSA) is 48.8 Å². The van der Waals surface area contributed by atoms with Gasteiger partial charge in [0.1, 0.15) is 5.75 Å². The van der Waals surface area contributed by atoms with Gasteiger partial charge in [0.25, 0.3) is 0 Å². The summed E-state index contributed by atoms with van der Waals surface area (Å²) in [5, 5.41) is 9.78. The van der Waals surface area contributed by atoms with Crippen LogP contribution in [0.3, 0.4) is 0 Å². The molecule has 0 amide bonds. The predicted octanol–water partition coefficient (Wildman–Crippen LogP) is 4.28. The van der Waals surface area contributed by atoms with Crippen molar-refractivity contribution in [2.24, 2.45) is 0 Å². The molecule has 0 unspecified atom stereocenters. The zero-order valence-electron chi connectivity index (χ0n) is 10.8. The first-order valence-electron chi connectivity index (χ1n) is 6.13. The molecule has 0 aliphatic heterocycles. The summed E-state index contributed by atoms with van der Waals surface area (Å²) in [6.07, 6.45) is 1.76. The zero-order valence-corrected chi connectivity index (χ0v) is 10.8. The molecule has 0 spiro atoms. The number of halogens is 1. The van der Waals surface area contributed by atoms with Gasteiger partial charge in [0.2, 0.25) is 0 Å². The van der Waals surface area contributed by atoms with Crippen LogP contribution in [0.2, 0.25) is 0 Å². The van der Waals surface area contributed by atoms with Crippen LogP contribution < -0.4 is 4.74 Å². The van der Waals surface area contributed by atoms with Crippen molar-refractivity contribution in [1.82, 2.24) is 4.98 Å². The van der Waals surface area contributed by atoms with Crippen LogP contribution in [-0.2, 0) is 0 Å². The quantitative estimate of drug-likeness (QED) is 0.752. The maximum absolute atomic E-state index is 14.1. The van der Waals surface area contributed by atoms with Crippen LogP contribution in [0.15, 0.2) is 42.6 Å². The molecule has 4 heteroatoms. The molecule has 0 fully saturated rings. The highest BCUT2D eigenvalue weighted by Gasteiger charge is 2.13. The van der Waals surface area contributed by atoms with Gasteiger partial charge in [-0.2, -0.15) is 5.26 Å². The molecule has 20 heavy (non-hydrogen) atoms. The molecule has 0 saturated heterocycles. The van der Waals surface area contributed by atoms with Crippen molar-refractivity contribution in [3.8, 4) is 17.6 Å². The molecule has 3 aromatic rings. The third-order valence-corrected chi connectivity index (χ3v) is 3.19. The van der Waals surface area contributed by atoms with Crippen molar-refractivity contribution in [1.29, 1.82) is 5.26 Å². The Morgan fingerprint density at radius 3 is 2.90 bits per heavy atom. The van der Waals surface area contributed by atoms with Crippen molar-refractivity contribution < 1.29 is 9.13 Å². The lowest BCUT2D eigenvalue weighted by Crippen LogP contribution is -1.93. The molecule has 2 aromatic carbocycles. The number of rotatable bonds is 2. The van der Waals surface area contributed by atoms with E-state index in [2.05, 4.69) is 4.98 Å². The number of benzene rings is 2. The molecule has 1 heterocycles. The van der Waals surface area contributed by atoms with Gasteiger partial charge < -0.3 is 9.72 Å². The van der Waals surface area contributed by atoms with Crippen LogP contribution in [0, 0.1) is 24.1 Å². The third-order valence-electron chi connectivity index (χ3n) is 3.19. The Bertz CT molecular complexity index is 830. The molecule has 1 N–H and O–H groups in total. The summed E-state index contributed by atoms with van der Waals surface area (Å²) in [6, 6.07) is 12.0. The Morgan fingerprint density at radius 1 is 1.25 bits per heavy atom. The Morgan fingerprint density at radius 2 is 2.10 bits per heavy atom. The van der Waals surface area contributed by atoms with Crippen LogP contribution in [0.4, 0.5) is 4.39 Å². The molecule has 0 radical (unpaired) electrons. The standard InChI is InChI=1S/C16H11FN2O/c1-10-13-5-6-19-15(13)8-14(17)16(10)20-12-4-2-3-11(7-12)9-18/h2-8,19H,1H3.